The minimum atomic E-state index is -0.254. The van der Waals surface area contributed by atoms with Crippen molar-refractivity contribution in [1.82, 2.24) is 0 Å². The van der Waals surface area contributed by atoms with Crippen molar-refractivity contribution < 1.29 is 9.53 Å². The molecule has 74 valence electrons. The van der Waals surface area contributed by atoms with Gasteiger partial charge in [-0.1, -0.05) is 19.4 Å². The van der Waals surface area contributed by atoms with E-state index in [0.717, 1.165) is 12.8 Å². The van der Waals surface area contributed by atoms with Crippen LogP contribution in [0.15, 0.2) is 12.7 Å². The summed E-state index contributed by atoms with van der Waals surface area (Å²) in [7, 11) is 1.37. The zero-order valence-electron chi connectivity index (χ0n) is 8.25. The maximum Gasteiger partial charge on any atom is 0.309 e. The molecule has 0 fully saturated rings. The van der Waals surface area contributed by atoms with Crippen molar-refractivity contribution in [3.63, 3.8) is 0 Å². The van der Waals surface area contributed by atoms with Crippen LogP contribution in [0.25, 0.3) is 0 Å². The number of rotatable bonds is 6. The van der Waals surface area contributed by atoms with Crippen LogP contribution in [0, 0.1) is 17.2 Å². The maximum atomic E-state index is 11.3. The number of ether oxygens (including phenoxy) is 1. The highest BCUT2D eigenvalue weighted by Crippen LogP contribution is 2.18. The van der Waals surface area contributed by atoms with Crippen LogP contribution in [0.2, 0.25) is 0 Å². The van der Waals surface area contributed by atoms with Gasteiger partial charge in [-0.3, -0.25) is 4.79 Å². The fraction of sp³-hybridized carbons (Fsp3) is 0.600. The largest absolute Gasteiger partial charge is 0.469 e. The fourth-order valence-corrected chi connectivity index (χ4v) is 1.28. The monoisotopic (exact) mass is 183 g/mol. The predicted molar refractivity (Wildman–Crippen MR) is 52.9 cm³/mol. The molecule has 1 N–H and O–H groups in total. The van der Waals surface area contributed by atoms with Gasteiger partial charge in [0, 0.05) is 12.1 Å². The lowest BCUT2D eigenvalue weighted by Gasteiger charge is -2.17. The van der Waals surface area contributed by atoms with Crippen molar-refractivity contribution in [2.45, 2.75) is 19.8 Å². The number of carbonyl (C=O) groups is 1. The number of nitrogens with one attached hydrogen (secondary N) is 1. The lowest BCUT2D eigenvalue weighted by Crippen LogP contribution is -2.24. The van der Waals surface area contributed by atoms with E-state index in [1.54, 1.807) is 6.08 Å². The van der Waals surface area contributed by atoms with Crippen molar-refractivity contribution in [3.05, 3.63) is 12.7 Å². The standard InChI is InChI=1S/C10H17NO2/c1-4-6-9(10(12)13-3)8(5-2)7-11/h5,7-9,11H,2,4,6H2,1,3H3/t8-,9+/m1/s1. The summed E-state index contributed by atoms with van der Waals surface area (Å²) >= 11 is 0. The maximum absolute atomic E-state index is 11.3. The topological polar surface area (TPSA) is 50.2 Å². The molecular formula is C10H17NO2. The van der Waals surface area contributed by atoms with Crippen LogP contribution in [0.5, 0.6) is 0 Å². The molecule has 0 aliphatic heterocycles. The summed E-state index contributed by atoms with van der Waals surface area (Å²) in [5, 5.41) is 7.13. The Morgan fingerprint density at radius 1 is 1.69 bits per heavy atom. The number of hydrogen-bond acceptors (Lipinski definition) is 3. The van der Waals surface area contributed by atoms with Crippen LogP contribution in [0.4, 0.5) is 0 Å². The highest BCUT2D eigenvalue weighted by Gasteiger charge is 2.24. The molecule has 0 rings (SSSR count). The van der Waals surface area contributed by atoms with E-state index in [1.807, 2.05) is 6.92 Å². The highest BCUT2D eigenvalue weighted by molar-refractivity contribution is 5.78. The van der Waals surface area contributed by atoms with Gasteiger partial charge in [-0.2, -0.15) is 0 Å². The third-order valence-electron chi connectivity index (χ3n) is 2.03. The Hall–Kier alpha value is -1.12. The third-order valence-corrected chi connectivity index (χ3v) is 2.03. The third kappa shape index (κ3) is 3.40. The molecule has 0 aliphatic rings. The van der Waals surface area contributed by atoms with Gasteiger partial charge in [-0.25, -0.2) is 0 Å². The molecule has 3 heteroatoms. The van der Waals surface area contributed by atoms with Crippen LogP contribution in [-0.2, 0) is 9.53 Å². The molecule has 0 aromatic carbocycles. The second-order valence-corrected chi connectivity index (χ2v) is 2.90. The van der Waals surface area contributed by atoms with Gasteiger partial charge in [0.1, 0.15) is 0 Å². The van der Waals surface area contributed by atoms with Crippen LogP contribution in [-0.4, -0.2) is 19.3 Å². The SMILES string of the molecule is C=C[C@H](C=N)[C@H](CCC)C(=O)OC. The molecule has 3 nitrogen and oxygen atoms in total. The molecule has 0 saturated heterocycles. The molecule has 0 bridgehead atoms. The molecule has 0 unspecified atom stereocenters. The number of esters is 1. The van der Waals surface area contributed by atoms with E-state index in [2.05, 4.69) is 11.3 Å². The summed E-state index contributed by atoms with van der Waals surface area (Å²) in [5.41, 5.74) is 0. The number of hydrogen-bond donors (Lipinski definition) is 1. The van der Waals surface area contributed by atoms with Gasteiger partial charge in [0.25, 0.3) is 0 Å². The summed E-state index contributed by atoms with van der Waals surface area (Å²) in [6, 6.07) is 0. The molecule has 0 saturated carbocycles. The van der Waals surface area contributed by atoms with Gasteiger partial charge in [0.2, 0.25) is 0 Å². The van der Waals surface area contributed by atoms with E-state index < -0.39 is 0 Å². The molecular weight excluding hydrogens is 166 g/mol. The average molecular weight is 183 g/mol. The first kappa shape index (κ1) is 11.9. The smallest absolute Gasteiger partial charge is 0.309 e. The first-order valence-electron chi connectivity index (χ1n) is 4.42. The van der Waals surface area contributed by atoms with Gasteiger partial charge in [-0.15, -0.1) is 6.58 Å². The zero-order chi connectivity index (χ0) is 10.3. The summed E-state index contributed by atoms with van der Waals surface area (Å²) in [6.07, 6.45) is 4.49. The number of methoxy groups -OCH3 is 1. The molecule has 0 radical (unpaired) electrons. The molecule has 2 atom stereocenters. The Morgan fingerprint density at radius 3 is 2.62 bits per heavy atom. The predicted octanol–water partition coefficient (Wildman–Crippen LogP) is 2.03. The van der Waals surface area contributed by atoms with Crippen LogP contribution in [0.1, 0.15) is 19.8 Å². The Morgan fingerprint density at radius 2 is 2.31 bits per heavy atom. The second kappa shape index (κ2) is 6.40. The fourth-order valence-electron chi connectivity index (χ4n) is 1.28. The van der Waals surface area contributed by atoms with E-state index in [-0.39, 0.29) is 17.8 Å². The summed E-state index contributed by atoms with van der Waals surface area (Å²) in [4.78, 5) is 11.3. The summed E-state index contributed by atoms with van der Waals surface area (Å²) in [5.74, 6) is -0.701. The van der Waals surface area contributed by atoms with E-state index >= 15 is 0 Å². The lowest BCUT2D eigenvalue weighted by atomic mass is 9.89. The van der Waals surface area contributed by atoms with Gasteiger partial charge < -0.3 is 10.1 Å². The van der Waals surface area contributed by atoms with E-state index in [9.17, 15) is 4.79 Å². The van der Waals surface area contributed by atoms with Gasteiger partial charge in [0.15, 0.2) is 0 Å². The molecule has 0 aromatic heterocycles. The Labute approximate surface area is 79.3 Å². The molecule has 0 aromatic rings. The van der Waals surface area contributed by atoms with Crippen LogP contribution < -0.4 is 0 Å². The van der Waals surface area contributed by atoms with Crippen molar-refractivity contribution in [2.75, 3.05) is 7.11 Å². The number of carbonyl (C=O) groups excluding carboxylic acids is 1. The highest BCUT2D eigenvalue weighted by atomic mass is 16.5. The van der Waals surface area contributed by atoms with Gasteiger partial charge in [-0.05, 0) is 6.42 Å². The molecule has 0 spiro atoms. The molecule has 0 amide bonds. The Bertz CT molecular complexity index is 181. The Kier molecular flexibility index (Phi) is 5.85. The van der Waals surface area contributed by atoms with E-state index in [0.29, 0.717) is 0 Å². The lowest BCUT2D eigenvalue weighted by molar-refractivity contribution is -0.146. The first-order valence-corrected chi connectivity index (χ1v) is 4.42. The summed E-state index contributed by atoms with van der Waals surface area (Å²) < 4.78 is 4.66. The van der Waals surface area contributed by atoms with E-state index in [1.165, 1.54) is 13.3 Å². The van der Waals surface area contributed by atoms with Crippen molar-refractivity contribution in [1.29, 1.82) is 5.41 Å². The van der Waals surface area contributed by atoms with Gasteiger partial charge >= 0.3 is 5.97 Å². The first-order chi connectivity index (χ1) is 6.21. The minimum Gasteiger partial charge on any atom is -0.469 e. The summed E-state index contributed by atoms with van der Waals surface area (Å²) in [6.45, 7) is 5.59. The van der Waals surface area contributed by atoms with Crippen LogP contribution in [0.3, 0.4) is 0 Å². The van der Waals surface area contributed by atoms with E-state index in [4.69, 9.17) is 5.41 Å². The van der Waals surface area contributed by atoms with Crippen molar-refractivity contribution in [2.24, 2.45) is 11.8 Å². The average Bonchev–Trinajstić information content (AvgIpc) is 2.17. The second-order valence-electron chi connectivity index (χ2n) is 2.90. The quantitative estimate of drug-likeness (QED) is 0.389. The molecule has 0 heterocycles. The van der Waals surface area contributed by atoms with Crippen molar-refractivity contribution in [3.8, 4) is 0 Å². The van der Waals surface area contributed by atoms with Gasteiger partial charge in [0.05, 0.1) is 13.0 Å². The normalized spacial score (nSPS) is 14.3. The van der Waals surface area contributed by atoms with Crippen LogP contribution >= 0.6 is 0 Å². The zero-order valence-corrected chi connectivity index (χ0v) is 8.25. The van der Waals surface area contributed by atoms with Crippen molar-refractivity contribution >= 4 is 12.2 Å². The molecule has 13 heavy (non-hydrogen) atoms. The molecule has 0 aliphatic carbocycles. The number of allylic oxidation sites excluding steroid dienone is 1. The minimum absolute atomic E-state index is 0.201. The Balaban J connectivity index is 4.45.